The molecule has 2 aliphatic rings. The number of anilines is 1. The molecular formula is C25H32N6O3S. The van der Waals surface area contributed by atoms with Gasteiger partial charge in [0.05, 0.1) is 46.8 Å². The third-order valence-electron chi connectivity index (χ3n) is 7.20. The highest BCUT2D eigenvalue weighted by molar-refractivity contribution is 8.01. The van der Waals surface area contributed by atoms with Gasteiger partial charge in [0.2, 0.25) is 5.91 Å². The Morgan fingerprint density at radius 1 is 1.34 bits per heavy atom. The van der Waals surface area contributed by atoms with Gasteiger partial charge in [0.1, 0.15) is 5.82 Å². The first kappa shape index (κ1) is 23.7. The van der Waals surface area contributed by atoms with Gasteiger partial charge in [-0.3, -0.25) is 14.1 Å². The molecule has 35 heavy (non-hydrogen) atoms. The Hall–Kier alpha value is -2.98. The maximum atomic E-state index is 14.2. The molecule has 1 aliphatic heterocycles. The minimum atomic E-state index is -2.62. The van der Waals surface area contributed by atoms with Crippen LogP contribution in [0.1, 0.15) is 39.3 Å². The van der Waals surface area contributed by atoms with E-state index in [9.17, 15) is 9.00 Å². The maximum absolute atomic E-state index is 14.2. The van der Waals surface area contributed by atoms with Crippen molar-refractivity contribution in [1.29, 1.82) is 0 Å². The Labute approximate surface area is 205 Å². The number of amides is 1. The van der Waals surface area contributed by atoms with Gasteiger partial charge < -0.3 is 15.4 Å². The first-order valence-electron chi connectivity index (χ1n) is 11.9. The molecule has 0 unspecified atom stereocenters. The van der Waals surface area contributed by atoms with Crippen molar-refractivity contribution in [2.45, 2.75) is 44.4 Å². The van der Waals surface area contributed by atoms with Crippen molar-refractivity contribution in [3.05, 3.63) is 36.2 Å². The van der Waals surface area contributed by atoms with Crippen LogP contribution in [0.5, 0.6) is 0 Å². The van der Waals surface area contributed by atoms with Crippen molar-refractivity contribution < 1.29 is 13.7 Å². The standard InChI is InChI=1S/C25H32N6O3S/c1-16-14-34-11-10-31(16)21-12-20(25(8-9-25)35(4,33)15-24(2,3)23(26)32)28-22(29-21)17-6-5-7-19-18(17)13-27-30-19/h5-7,12-13,15-16H,8-11,14H2,1-4H3,(H2,26,32)(H,27,30)/t16-,35-/m1/s1. The topological polar surface area (TPSA) is 127 Å². The molecule has 0 bridgehead atoms. The molecule has 5 rings (SSSR count). The van der Waals surface area contributed by atoms with E-state index in [2.05, 4.69) is 22.0 Å². The molecule has 1 amide bonds. The summed E-state index contributed by atoms with van der Waals surface area (Å²) >= 11 is 0. The van der Waals surface area contributed by atoms with E-state index in [4.69, 9.17) is 20.4 Å². The lowest BCUT2D eigenvalue weighted by atomic mass is 9.96. The van der Waals surface area contributed by atoms with Gasteiger partial charge in [0, 0.05) is 29.8 Å². The third-order valence-corrected chi connectivity index (χ3v) is 10.4. The number of H-pyrrole nitrogens is 1. The zero-order chi connectivity index (χ0) is 25.0. The normalized spacial score (nSPS) is 21.5. The van der Waals surface area contributed by atoms with Crippen molar-refractivity contribution in [2.24, 2.45) is 11.1 Å². The number of ether oxygens (including phenoxy) is 1. The van der Waals surface area contributed by atoms with E-state index < -0.39 is 25.6 Å². The summed E-state index contributed by atoms with van der Waals surface area (Å²) in [5.41, 5.74) is 7.11. The van der Waals surface area contributed by atoms with Crippen LogP contribution in [0.15, 0.2) is 30.5 Å². The fraction of sp³-hybridized carbons (Fsp3) is 0.480. The van der Waals surface area contributed by atoms with Crippen LogP contribution in [-0.4, -0.2) is 67.7 Å². The number of fused-ring (bicyclic) bond motifs is 1. The van der Waals surface area contributed by atoms with Crippen LogP contribution in [0.3, 0.4) is 0 Å². The average molecular weight is 497 g/mol. The van der Waals surface area contributed by atoms with Gasteiger partial charge in [-0.1, -0.05) is 12.1 Å². The van der Waals surface area contributed by atoms with Crippen molar-refractivity contribution >= 4 is 37.5 Å². The van der Waals surface area contributed by atoms with Gasteiger partial charge in [0.25, 0.3) is 0 Å². The predicted octanol–water partition coefficient (Wildman–Crippen LogP) is 2.46. The van der Waals surface area contributed by atoms with Crippen LogP contribution in [0.2, 0.25) is 0 Å². The van der Waals surface area contributed by atoms with E-state index in [1.165, 1.54) is 0 Å². The zero-order valence-electron chi connectivity index (χ0n) is 20.6. The largest absolute Gasteiger partial charge is 0.377 e. The second kappa shape index (κ2) is 8.30. The highest BCUT2D eigenvalue weighted by atomic mass is 32.2. The Morgan fingerprint density at radius 3 is 2.80 bits per heavy atom. The number of aromatic nitrogens is 4. The lowest BCUT2D eigenvalue weighted by Crippen LogP contribution is -2.44. The average Bonchev–Trinajstić information content (AvgIpc) is 3.50. The number of hydrogen-bond donors (Lipinski definition) is 2. The van der Waals surface area contributed by atoms with Gasteiger partial charge in [-0.05, 0) is 54.6 Å². The summed E-state index contributed by atoms with van der Waals surface area (Å²) in [6.45, 7) is 7.47. The van der Waals surface area contributed by atoms with Gasteiger partial charge in [-0.2, -0.15) is 5.10 Å². The molecule has 1 saturated carbocycles. The number of rotatable bonds is 6. The first-order chi connectivity index (χ1) is 16.5. The van der Waals surface area contributed by atoms with Crippen LogP contribution in [-0.2, 0) is 23.8 Å². The zero-order valence-corrected chi connectivity index (χ0v) is 21.4. The predicted molar refractivity (Wildman–Crippen MR) is 139 cm³/mol. The number of morpholine rings is 1. The highest BCUT2D eigenvalue weighted by Gasteiger charge is 2.53. The molecule has 3 heterocycles. The second-order valence-corrected chi connectivity index (χ2v) is 13.1. The lowest BCUT2D eigenvalue weighted by molar-refractivity contribution is -0.122. The fourth-order valence-corrected chi connectivity index (χ4v) is 7.78. The molecule has 1 aliphatic carbocycles. The second-order valence-electron chi connectivity index (χ2n) is 10.3. The number of aromatic amines is 1. The van der Waals surface area contributed by atoms with Crippen molar-refractivity contribution in [2.75, 3.05) is 30.9 Å². The molecule has 3 aromatic rings. The minimum absolute atomic E-state index is 0.144. The van der Waals surface area contributed by atoms with E-state index in [1.54, 1.807) is 31.7 Å². The van der Waals surface area contributed by atoms with E-state index in [-0.39, 0.29) is 6.04 Å². The molecule has 0 radical (unpaired) electrons. The molecule has 3 N–H and O–H groups in total. The summed E-state index contributed by atoms with van der Waals surface area (Å²) in [6, 6.07) is 8.01. The summed E-state index contributed by atoms with van der Waals surface area (Å²) in [4.78, 5) is 24.2. The van der Waals surface area contributed by atoms with Crippen LogP contribution < -0.4 is 10.6 Å². The van der Waals surface area contributed by atoms with Crippen molar-refractivity contribution in [1.82, 2.24) is 20.2 Å². The molecule has 1 saturated heterocycles. The molecular weight excluding hydrogens is 464 g/mol. The number of primary amides is 1. The first-order valence-corrected chi connectivity index (χ1v) is 13.9. The van der Waals surface area contributed by atoms with Crippen molar-refractivity contribution in [3.63, 3.8) is 0 Å². The monoisotopic (exact) mass is 496 g/mol. The number of carbonyl (C=O) groups is 1. The van der Waals surface area contributed by atoms with Gasteiger partial charge in [-0.25, -0.2) is 9.97 Å². The summed E-state index contributed by atoms with van der Waals surface area (Å²) in [7, 11) is -2.62. The van der Waals surface area contributed by atoms with Crippen molar-refractivity contribution in [3.8, 4) is 11.4 Å². The molecule has 186 valence electrons. The molecule has 2 atom stereocenters. The SMILES string of the molecule is C[C@@H]1COCCN1c1cc(C2([S@](C)(=O)=CC(C)(C)C(N)=O)CC2)nc(-c2cccc3[nH]ncc23)n1. The Balaban J connectivity index is 1.71. The molecule has 0 spiro atoms. The van der Waals surface area contributed by atoms with E-state index in [0.29, 0.717) is 25.6 Å². The Morgan fingerprint density at radius 2 is 2.11 bits per heavy atom. The van der Waals surface area contributed by atoms with Crippen LogP contribution in [0.25, 0.3) is 22.3 Å². The van der Waals surface area contributed by atoms with Gasteiger partial charge >= 0.3 is 0 Å². The van der Waals surface area contributed by atoms with E-state index >= 15 is 0 Å². The van der Waals surface area contributed by atoms with Gasteiger partial charge in [-0.15, -0.1) is 0 Å². The summed E-state index contributed by atoms with van der Waals surface area (Å²) in [5, 5.41) is 9.76. The summed E-state index contributed by atoms with van der Waals surface area (Å²) in [6.07, 6.45) is 4.94. The number of nitrogens with two attached hydrogens (primary N) is 1. The lowest BCUT2D eigenvalue weighted by Gasteiger charge is -2.35. The van der Waals surface area contributed by atoms with E-state index in [1.807, 2.05) is 24.3 Å². The number of nitrogens with zero attached hydrogens (tertiary/aromatic N) is 4. The van der Waals surface area contributed by atoms with E-state index in [0.717, 1.165) is 40.8 Å². The van der Waals surface area contributed by atoms with Gasteiger partial charge in [0.15, 0.2) is 5.82 Å². The fourth-order valence-electron chi connectivity index (χ4n) is 4.88. The number of hydrogen-bond acceptors (Lipinski definition) is 7. The minimum Gasteiger partial charge on any atom is -0.377 e. The molecule has 2 aromatic heterocycles. The molecule has 9 nitrogen and oxygen atoms in total. The number of carbonyl (C=O) groups excluding carboxylic acids is 1. The quantitative estimate of drug-likeness (QED) is 0.502. The van der Waals surface area contributed by atoms with Crippen LogP contribution >= 0.6 is 0 Å². The smallest absolute Gasteiger partial charge is 0.227 e. The van der Waals surface area contributed by atoms with Crippen LogP contribution in [0, 0.1) is 5.41 Å². The highest BCUT2D eigenvalue weighted by Crippen LogP contribution is 2.53. The molecule has 1 aromatic carbocycles. The maximum Gasteiger partial charge on any atom is 0.227 e. The number of nitrogens with one attached hydrogen (secondary N) is 1. The summed E-state index contributed by atoms with van der Waals surface area (Å²) < 4.78 is 19.2. The Kier molecular flexibility index (Phi) is 5.63. The third kappa shape index (κ3) is 4.08. The summed E-state index contributed by atoms with van der Waals surface area (Å²) in [5.74, 6) is 0.858. The number of benzene rings is 1. The molecule has 2 fully saturated rings. The van der Waals surface area contributed by atoms with Crippen LogP contribution in [0.4, 0.5) is 5.82 Å². The Bertz CT molecular complexity index is 1420. The molecule has 10 heteroatoms.